The lowest BCUT2D eigenvalue weighted by Crippen LogP contribution is -2.12. The van der Waals surface area contributed by atoms with Crippen molar-refractivity contribution in [2.75, 3.05) is 0 Å². The van der Waals surface area contributed by atoms with Gasteiger partial charge in [-0.3, -0.25) is 0 Å². The van der Waals surface area contributed by atoms with Crippen LogP contribution in [-0.2, 0) is 0 Å². The van der Waals surface area contributed by atoms with Gasteiger partial charge in [-0.1, -0.05) is 0 Å². The van der Waals surface area contributed by atoms with E-state index < -0.39 is 0 Å². The fourth-order valence-corrected chi connectivity index (χ4v) is 4.08. The van der Waals surface area contributed by atoms with Crippen LogP contribution in [0.4, 0.5) is 0 Å². The molecule has 0 radical (unpaired) electrons. The zero-order valence-electron chi connectivity index (χ0n) is 5.39. The van der Waals surface area contributed by atoms with E-state index in [1.54, 1.807) is 0 Å². The summed E-state index contributed by atoms with van der Waals surface area (Å²) in [7, 11) is 0. The van der Waals surface area contributed by atoms with Crippen molar-refractivity contribution >= 4 is 11.6 Å². The van der Waals surface area contributed by atoms with Gasteiger partial charge in [-0.25, -0.2) is 0 Å². The molecule has 9 heavy (non-hydrogen) atoms. The molecule has 0 saturated heterocycles. The molecule has 4 saturated carbocycles. The molecule has 0 N–H and O–H groups in total. The summed E-state index contributed by atoms with van der Waals surface area (Å²) >= 11 is 6.20. The number of halogens is 1. The molecular formula is C8H11Cl. The summed E-state index contributed by atoms with van der Waals surface area (Å²) in [5.74, 6) is 4.01. The average Bonchev–Trinajstić information content (AvgIpc) is 2.46. The zero-order chi connectivity index (χ0) is 6.01. The Morgan fingerprint density at radius 3 is 1.67 bits per heavy atom. The first kappa shape index (κ1) is 5.01. The van der Waals surface area contributed by atoms with Crippen molar-refractivity contribution in [3.05, 3.63) is 0 Å². The van der Waals surface area contributed by atoms with E-state index in [0.717, 1.165) is 23.7 Å². The summed E-state index contributed by atoms with van der Waals surface area (Å²) < 4.78 is 0. The molecule has 4 rings (SSSR count). The molecule has 0 aromatic heterocycles. The maximum absolute atomic E-state index is 6.20. The standard InChI is InChI=1S/C8H11Cl/c9-8-6-2-4-1-5(6)3-7(4)8/h4-8H,1-3H2. The van der Waals surface area contributed by atoms with Gasteiger partial charge in [0, 0.05) is 5.38 Å². The largest absolute Gasteiger partial charge is 0.122 e. The van der Waals surface area contributed by atoms with Crippen LogP contribution >= 0.6 is 11.6 Å². The monoisotopic (exact) mass is 142 g/mol. The number of rotatable bonds is 0. The van der Waals surface area contributed by atoms with Gasteiger partial charge in [-0.05, 0) is 42.9 Å². The van der Waals surface area contributed by atoms with Gasteiger partial charge in [0.15, 0.2) is 0 Å². The van der Waals surface area contributed by atoms with Gasteiger partial charge in [-0.2, -0.15) is 0 Å². The minimum atomic E-state index is 0.591. The van der Waals surface area contributed by atoms with Gasteiger partial charge < -0.3 is 0 Å². The zero-order valence-corrected chi connectivity index (χ0v) is 6.14. The predicted molar refractivity (Wildman–Crippen MR) is 37.5 cm³/mol. The SMILES string of the molecule is ClC1C2CC3CC2CC31. The van der Waals surface area contributed by atoms with Crippen molar-refractivity contribution in [2.24, 2.45) is 23.7 Å². The van der Waals surface area contributed by atoms with Crippen LogP contribution in [0, 0.1) is 23.7 Å². The molecule has 4 fully saturated rings. The maximum atomic E-state index is 6.20. The van der Waals surface area contributed by atoms with Gasteiger partial charge >= 0.3 is 0 Å². The second kappa shape index (κ2) is 1.32. The van der Waals surface area contributed by atoms with Gasteiger partial charge in [0.1, 0.15) is 0 Å². The van der Waals surface area contributed by atoms with Crippen LogP contribution in [0.5, 0.6) is 0 Å². The molecule has 0 aromatic carbocycles. The van der Waals surface area contributed by atoms with E-state index in [2.05, 4.69) is 0 Å². The smallest absolute Gasteiger partial charge is 0.0397 e. The quantitative estimate of drug-likeness (QED) is 0.456. The molecule has 50 valence electrons. The minimum absolute atomic E-state index is 0.591. The molecule has 0 spiro atoms. The van der Waals surface area contributed by atoms with Crippen molar-refractivity contribution in [3.63, 3.8) is 0 Å². The molecule has 0 amide bonds. The molecule has 4 bridgehead atoms. The fraction of sp³-hybridized carbons (Fsp3) is 1.00. The van der Waals surface area contributed by atoms with E-state index in [-0.39, 0.29) is 0 Å². The van der Waals surface area contributed by atoms with Crippen molar-refractivity contribution in [1.29, 1.82) is 0 Å². The molecule has 0 aromatic rings. The first-order valence-corrected chi connectivity index (χ1v) is 4.44. The fourth-order valence-electron chi connectivity index (χ4n) is 3.46. The predicted octanol–water partition coefficient (Wildman–Crippen LogP) is 2.27. The molecular weight excluding hydrogens is 132 g/mol. The highest BCUT2D eigenvalue weighted by Crippen LogP contribution is 2.64. The van der Waals surface area contributed by atoms with E-state index in [0.29, 0.717) is 5.38 Å². The molecule has 4 unspecified atom stereocenters. The normalized spacial score (nSPS) is 68.3. The molecule has 4 atom stereocenters. The molecule has 0 heterocycles. The lowest BCUT2D eigenvalue weighted by atomic mass is 10.0. The van der Waals surface area contributed by atoms with E-state index in [9.17, 15) is 0 Å². The molecule has 4 aliphatic carbocycles. The topological polar surface area (TPSA) is 0 Å². The van der Waals surface area contributed by atoms with E-state index in [1.165, 1.54) is 19.3 Å². The number of alkyl halides is 1. The Morgan fingerprint density at radius 1 is 0.889 bits per heavy atom. The molecule has 4 aliphatic rings. The third-order valence-electron chi connectivity index (χ3n) is 3.78. The second-order valence-corrected chi connectivity index (χ2v) is 4.50. The summed E-state index contributed by atoms with van der Waals surface area (Å²) in [5.41, 5.74) is 0. The van der Waals surface area contributed by atoms with Crippen molar-refractivity contribution in [1.82, 2.24) is 0 Å². The van der Waals surface area contributed by atoms with Gasteiger partial charge in [0.25, 0.3) is 0 Å². The van der Waals surface area contributed by atoms with Gasteiger partial charge in [0.05, 0.1) is 0 Å². The van der Waals surface area contributed by atoms with E-state index in [1.807, 2.05) is 0 Å². The molecule has 0 nitrogen and oxygen atoms in total. The van der Waals surface area contributed by atoms with E-state index in [4.69, 9.17) is 11.6 Å². The Hall–Kier alpha value is 0.290. The maximum Gasteiger partial charge on any atom is 0.0397 e. The van der Waals surface area contributed by atoms with Crippen LogP contribution < -0.4 is 0 Å². The Labute approximate surface area is 60.6 Å². The Morgan fingerprint density at radius 2 is 1.44 bits per heavy atom. The highest BCUT2D eigenvalue weighted by atomic mass is 35.5. The third kappa shape index (κ3) is 0.410. The summed E-state index contributed by atoms with van der Waals surface area (Å²) in [6.45, 7) is 0. The lowest BCUT2D eigenvalue weighted by molar-refractivity contribution is 0.457. The Kier molecular flexibility index (Phi) is 0.733. The van der Waals surface area contributed by atoms with Crippen LogP contribution in [0.25, 0.3) is 0 Å². The van der Waals surface area contributed by atoms with Crippen molar-refractivity contribution in [3.8, 4) is 0 Å². The third-order valence-corrected chi connectivity index (χ3v) is 4.43. The second-order valence-electron chi connectivity index (χ2n) is 4.00. The molecule has 0 aliphatic heterocycles. The summed E-state index contributed by atoms with van der Waals surface area (Å²) in [5, 5.41) is 0.591. The summed E-state index contributed by atoms with van der Waals surface area (Å²) in [4.78, 5) is 0. The van der Waals surface area contributed by atoms with Crippen LogP contribution in [0.3, 0.4) is 0 Å². The minimum Gasteiger partial charge on any atom is -0.122 e. The van der Waals surface area contributed by atoms with Crippen molar-refractivity contribution in [2.45, 2.75) is 24.6 Å². The number of hydrogen-bond donors (Lipinski definition) is 0. The Balaban J connectivity index is 2.08. The highest BCUT2D eigenvalue weighted by Gasteiger charge is 2.58. The van der Waals surface area contributed by atoms with Crippen LogP contribution in [0.2, 0.25) is 0 Å². The average molecular weight is 143 g/mol. The number of hydrogen-bond acceptors (Lipinski definition) is 0. The van der Waals surface area contributed by atoms with Gasteiger partial charge in [0.2, 0.25) is 0 Å². The highest BCUT2D eigenvalue weighted by molar-refractivity contribution is 6.21. The van der Waals surface area contributed by atoms with Crippen LogP contribution in [0.15, 0.2) is 0 Å². The van der Waals surface area contributed by atoms with E-state index >= 15 is 0 Å². The summed E-state index contributed by atoms with van der Waals surface area (Å²) in [6, 6.07) is 0. The molecule has 1 heteroatoms. The van der Waals surface area contributed by atoms with Crippen LogP contribution in [0.1, 0.15) is 19.3 Å². The lowest BCUT2D eigenvalue weighted by Gasteiger charge is -2.12. The summed E-state index contributed by atoms with van der Waals surface area (Å²) in [6.07, 6.45) is 4.48. The first-order valence-electron chi connectivity index (χ1n) is 4.00. The first-order chi connectivity index (χ1) is 4.36. The van der Waals surface area contributed by atoms with Gasteiger partial charge in [-0.15, -0.1) is 11.6 Å². The van der Waals surface area contributed by atoms with Crippen molar-refractivity contribution < 1.29 is 0 Å². The Bertz CT molecular complexity index is 135. The van der Waals surface area contributed by atoms with Crippen LogP contribution in [-0.4, -0.2) is 5.38 Å².